The Kier molecular flexibility index (Phi) is 5.65. The maximum absolute atomic E-state index is 12.9. The highest BCUT2D eigenvalue weighted by atomic mass is 79.9. The molecule has 158 valence electrons. The van der Waals surface area contributed by atoms with Crippen molar-refractivity contribution in [2.75, 3.05) is 13.7 Å². The van der Waals surface area contributed by atoms with Gasteiger partial charge in [-0.05, 0) is 69.9 Å². The van der Waals surface area contributed by atoms with Gasteiger partial charge in [0, 0.05) is 6.54 Å². The fourth-order valence-corrected chi connectivity index (χ4v) is 4.17. The van der Waals surface area contributed by atoms with Crippen LogP contribution in [0.15, 0.2) is 52.3 Å². The van der Waals surface area contributed by atoms with Crippen LogP contribution < -0.4 is 15.0 Å². The Morgan fingerprint density at radius 2 is 2.16 bits per heavy atom. The summed E-state index contributed by atoms with van der Waals surface area (Å²) in [7, 11) is 1.57. The zero-order valence-corrected chi connectivity index (χ0v) is 18.3. The maximum Gasteiger partial charge on any atom is 0.335 e. The smallest absolute Gasteiger partial charge is 0.335 e. The summed E-state index contributed by atoms with van der Waals surface area (Å²) in [5, 5.41) is 9.66. The summed E-state index contributed by atoms with van der Waals surface area (Å²) in [6.45, 7) is 4.52. The van der Waals surface area contributed by atoms with Crippen LogP contribution in [0.4, 0.5) is 0 Å². The van der Waals surface area contributed by atoms with Crippen molar-refractivity contribution >= 4 is 44.5 Å². The van der Waals surface area contributed by atoms with Crippen LogP contribution in [0.5, 0.6) is 11.5 Å². The molecule has 4 rings (SSSR count). The Hall–Kier alpha value is -3.39. The monoisotopic (exact) mass is 482 g/mol. The second-order valence-corrected chi connectivity index (χ2v) is 7.84. The van der Waals surface area contributed by atoms with Gasteiger partial charge in [-0.3, -0.25) is 9.36 Å². The van der Waals surface area contributed by atoms with E-state index in [-0.39, 0.29) is 11.1 Å². The Morgan fingerprint density at radius 3 is 2.87 bits per heavy atom. The van der Waals surface area contributed by atoms with Crippen LogP contribution in [0.1, 0.15) is 28.2 Å². The standard InChI is InChI=1S/C23H19BrN2O5/c1-3-8-31-20-17(24)10-13(11-19(20)30-2)9-14-6-7-26-21(14)25-18-12-15(23(28)29)4-5-16(18)22(26)27/h3-5,9-12H,1,6-8H2,2H3,(H,28,29)/b14-9+. The van der Waals surface area contributed by atoms with Crippen LogP contribution in [-0.2, 0) is 6.54 Å². The first-order valence-electron chi connectivity index (χ1n) is 9.53. The summed E-state index contributed by atoms with van der Waals surface area (Å²) in [6, 6.07) is 8.12. The van der Waals surface area contributed by atoms with Crippen LogP contribution in [0.3, 0.4) is 0 Å². The molecule has 0 spiro atoms. The van der Waals surface area contributed by atoms with Gasteiger partial charge in [0.15, 0.2) is 11.5 Å². The summed E-state index contributed by atoms with van der Waals surface area (Å²) < 4.78 is 13.5. The summed E-state index contributed by atoms with van der Waals surface area (Å²) in [6.07, 6.45) is 4.24. The van der Waals surface area contributed by atoms with Gasteiger partial charge in [-0.2, -0.15) is 0 Å². The number of halogens is 1. The Bertz CT molecular complexity index is 1310. The van der Waals surface area contributed by atoms with Crippen molar-refractivity contribution in [3.05, 3.63) is 74.8 Å². The zero-order chi connectivity index (χ0) is 22.1. The summed E-state index contributed by atoms with van der Waals surface area (Å²) in [4.78, 5) is 28.8. The molecule has 7 nitrogen and oxygen atoms in total. The molecule has 0 fully saturated rings. The van der Waals surface area contributed by atoms with Crippen molar-refractivity contribution in [3.8, 4) is 11.5 Å². The fraction of sp³-hybridized carbons (Fsp3) is 0.174. The number of fused-ring (bicyclic) bond motifs is 2. The lowest BCUT2D eigenvalue weighted by molar-refractivity contribution is 0.0697. The lowest BCUT2D eigenvalue weighted by Gasteiger charge is -2.12. The predicted molar refractivity (Wildman–Crippen MR) is 122 cm³/mol. The Labute approximate surface area is 186 Å². The molecule has 0 saturated heterocycles. The molecule has 0 radical (unpaired) electrons. The van der Waals surface area contributed by atoms with E-state index in [9.17, 15) is 14.7 Å². The maximum atomic E-state index is 12.9. The number of ether oxygens (including phenoxy) is 2. The van der Waals surface area contributed by atoms with E-state index in [0.717, 1.165) is 15.6 Å². The van der Waals surface area contributed by atoms with Gasteiger partial charge >= 0.3 is 5.97 Å². The second-order valence-electron chi connectivity index (χ2n) is 6.98. The van der Waals surface area contributed by atoms with E-state index >= 15 is 0 Å². The van der Waals surface area contributed by atoms with Gasteiger partial charge in [0.05, 0.1) is 28.0 Å². The molecule has 3 aromatic rings. The average molecular weight is 483 g/mol. The van der Waals surface area contributed by atoms with Gasteiger partial charge in [0.2, 0.25) is 0 Å². The molecular formula is C23H19BrN2O5. The number of carbonyl (C=O) groups is 1. The molecule has 0 unspecified atom stereocenters. The predicted octanol–water partition coefficient (Wildman–Crippen LogP) is 4.37. The highest BCUT2D eigenvalue weighted by Crippen LogP contribution is 2.38. The van der Waals surface area contributed by atoms with Crippen LogP contribution in [0.2, 0.25) is 0 Å². The second kappa shape index (κ2) is 8.39. The fourth-order valence-electron chi connectivity index (χ4n) is 3.59. The first-order chi connectivity index (χ1) is 14.9. The first kappa shape index (κ1) is 20.9. The van der Waals surface area contributed by atoms with E-state index < -0.39 is 5.97 Å². The normalized spacial score (nSPS) is 13.9. The van der Waals surface area contributed by atoms with Gasteiger partial charge in [-0.15, -0.1) is 0 Å². The van der Waals surface area contributed by atoms with Gasteiger partial charge in [0.25, 0.3) is 5.56 Å². The number of allylic oxidation sites excluding steroid dienone is 1. The molecule has 0 bridgehead atoms. The Balaban J connectivity index is 1.81. The number of aromatic carboxylic acids is 1. The molecule has 2 heterocycles. The van der Waals surface area contributed by atoms with Gasteiger partial charge in [-0.1, -0.05) is 12.7 Å². The molecule has 1 N–H and O–H groups in total. The van der Waals surface area contributed by atoms with E-state index in [2.05, 4.69) is 27.5 Å². The van der Waals surface area contributed by atoms with E-state index in [0.29, 0.717) is 47.8 Å². The quantitative estimate of drug-likeness (QED) is 0.524. The molecule has 0 atom stereocenters. The third-order valence-corrected chi connectivity index (χ3v) is 5.62. The number of aromatic nitrogens is 2. The average Bonchev–Trinajstić information content (AvgIpc) is 3.15. The number of nitrogens with zero attached hydrogens (tertiary/aromatic N) is 2. The minimum atomic E-state index is -1.06. The lowest BCUT2D eigenvalue weighted by Crippen LogP contribution is -2.21. The minimum absolute atomic E-state index is 0.0941. The number of methoxy groups -OCH3 is 1. The van der Waals surface area contributed by atoms with Crippen molar-refractivity contribution < 1.29 is 19.4 Å². The van der Waals surface area contributed by atoms with Crippen LogP contribution in [0.25, 0.3) is 22.6 Å². The minimum Gasteiger partial charge on any atom is -0.493 e. The third kappa shape index (κ3) is 3.86. The largest absolute Gasteiger partial charge is 0.493 e. The van der Waals surface area contributed by atoms with Gasteiger partial charge in [-0.25, -0.2) is 9.78 Å². The Morgan fingerprint density at radius 1 is 1.35 bits per heavy atom. The molecular weight excluding hydrogens is 464 g/mol. The topological polar surface area (TPSA) is 90.7 Å². The molecule has 0 aliphatic carbocycles. The number of hydrogen-bond acceptors (Lipinski definition) is 5. The van der Waals surface area contributed by atoms with Crippen LogP contribution in [0, 0.1) is 0 Å². The highest BCUT2D eigenvalue weighted by molar-refractivity contribution is 9.10. The van der Waals surface area contributed by atoms with Crippen molar-refractivity contribution in [1.29, 1.82) is 0 Å². The number of hydrogen-bond donors (Lipinski definition) is 1. The first-order valence-corrected chi connectivity index (χ1v) is 10.3. The lowest BCUT2D eigenvalue weighted by atomic mass is 10.1. The van der Waals surface area contributed by atoms with E-state index in [4.69, 9.17) is 9.47 Å². The number of carboxylic acids is 1. The van der Waals surface area contributed by atoms with Crippen molar-refractivity contribution in [2.24, 2.45) is 0 Å². The third-order valence-electron chi connectivity index (χ3n) is 5.03. The number of carboxylic acid groups (broad SMARTS) is 1. The van der Waals surface area contributed by atoms with E-state index in [1.54, 1.807) is 17.8 Å². The molecule has 1 aliphatic rings. The molecule has 8 heteroatoms. The van der Waals surface area contributed by atoms with Crippen molar-refractivity contribution in [1.82, 2.24) is 9.55 Å². The highest BCUT2D eigenvalue weighted by Gasteiger charge is 2.22. The summed E-state index contributed by atoms with van der Waals surface area (Å²) in [5.41, 5.74) is 2.03. The molecule has 1 aliphatic heterocycles. The van der Waals surface area contributed by atoms with Crippen LogP contribution >= 0.6 is 15.9 Å². The van der Waals surface area contributed by atoms with Crippen LogP contribution in [-0.4, -0.2) is 34.3 Å². The molecule has 31 heavy (non-hydrogen) atoms. The number of benzene rings is 2. The molecule has 0 saturated carbocycles. The SMILES string of the molecule is C=CCOc1c(Br)cc(/C=C2\CCn3c2nc2cc(C(=O)O)ccc2c3=O)cc1OC. The molecule has 1 aromatic heterocycles. The van der Waals surface area contributed by atoms with E-state index in [1.807, 2.05) is 18.2 Å². The van der Waals surface area contributed by atoms with Crippen molar-refractivity contribution in [3.63, 3.8) is 0 Å². The van der Waals surface area contributed by atoms with E-state index in [1.165, 1.54) is 18.2 Å². The zero-order valence-electron chi connectivity index (χ0n) is 16.7. The summed E-state index contributed by atoms with van der Waals surface area (Å²) in [5.74, 6) is 0.631. The summed E-state index contributed by atoms with van der Waals surface area (Å²) >= 11 is 3.52. The molecule has 0 amide bonds. The van der Waals surface area contributed by atoms with Gasteiger partial charge < -0.3 is 14.6 Å². The van der Waals surface area contributed by atoms with Gasteiger partial charge in [0.1, 0.15) is 12.4 Å². The van der Waals surface area contributed by atoms with Crippen molar-refractivity contribution in [2.45, 2.75) is 13.0 Å². The molecule has 2 aromatic carbocycles. The number of rotatable bonds is 6.